The number of amides is 1. The number of nitrogens with zero attached hydrogens (tertiary/aromatic N) is 2. The zero-order valence-corrected chi connectivity index (χ0v) is 14.9. The first kappa shape index (κ1) is 17.0. The average molecular weight is 346 g/mol. The molecule has 1 N–H and O–H groups in total. The standard InChI is InChI=1S/C20H27FN2O2/c1-14-6-18(21)5-4-17(14)7-19(25)22-12-20(13-22)8-16(11-24)10-23(20)9-15-2-3-15/h4-6,15-16,24H,2-3,7-13H2,1H3/t16-/m1/s1. The number of hydrogen-bond donors (Lipinski definition) is 1. The monoisotopic (exact) mass is 346 g/mol. The van der Waals surface area contributed by atoms with Crippen LogP contribution in [-0.2, 0) is 11.2 Å². The minimum absolute atomic E-state index is 0.0868. The third-order valence-electron chi connectivity index (χ3n) is 6.22. The van der Waals surface area contributed by atoms with Gasteiger partial charge < -0.3 is 10.0 Å². The number of aliphatic hydroxyl groups excluding tert-OH is 1. The number of benzene rings is 1. The van der Waals surface area contributed by atoms with Gasteiger partial charge in [-0.1, -0.05) is 6.07 Å². The molecule has 1 atom stereocenters. The molecule has 0 unspecified atom stereocenters. The molecule has 1 spiro atoms. The molecule has 1 aromatic carbocycles. The van der Waals surface area contributed by atoms with E-state index in [4.69, 9.17) is 0 Å². The van der Waals surface area contributed by atoms with E-state index in [1.165, 1.54) is 25.0 Å². The van der Waals surface area contributed by atoms with Crippen LogP contribution in [0.25, 0.3) is 0 Å². The summed E-state index contributed by atoms with van der Waals surface area (Å²) in [7, 11) is 0. The molecule has 2 saturated heterocycles. The molecular weight excluding hydrogens is 319 g/mol. The quantitative estimate of drug-likeness (QED) is 0.887. The SMILES string of the molecule is Cc1cc(F)ccc1CC(=O)N1CC2(C[C@@H](CO)CN2CC2CC2)C1. The van der Waals surface area contributed by atoms with Crippen LogP contribution in [0.15, 0.2) is 18.2 Å². The Labute approximate surface area is 148 Å². The van der Waals surface area contributed by atoms with Crippen LogP contribution >= 0.6 is 0 Å². The summed E-state index contributed by atoms with van der Waals surface area (Å²) in [6, 6.07) is 4.63. The molecule has 4 rings (SSSR count). The lowest BCUT2D eigenvalue weighted by atomic mass is 9.84. The zero-order chi connectivity index (χ0) is 17.6. The van der Waals surface area contributed by atoms with Crippen molar-refractivity contribution >= 4 is 5.91 Å². The predicted octanol–water partition coefficient (Wildman–Crippen LogP) is 1.98. The maximum Gasteiger partial charge on any atom is 0.227 e. The van der Waals surface area contributed by atoms with Crippen LogP contribution in [-0.4, -0.2) is 59.1 Å². The van der Waals surface area contributed by atoms with Gasteiger partial charge in [0, 0.05) is 32.8 Å². The summed E-state index contributed by atoms with van der Waals surface area (Å²) in [5.74, 6) is 1.03. The molecule has 1 amide bonds. The lowest BCUT2D eigenvalue weighted by Crippen LogP contribution is -2.69. The van der Waals surface area contributed by atoms with E-state index < -0.39 is 0 Å². The van der Waals surface area contributed by atoms with Crippen LogP contribution in [0.4, 0.5) is 4.39 Å². The van der Waals surface area contributed by atoms with Crippen molar-refractivity contribution < 1.29 is 14.3 Å². The second-order valence-corrected chi connectivity index (χ2v) is 8.32. The van der Waals surface area contributed by atoms with E-state index in [9.17, 15) is 14.3 Å². The van der Waals surface area contributed by atoms with Crippen molar-refractivity contribution in [2.45, 2.75) is 38.1 Å². The molecule has 1 saturated carbocycles. The van der Waals surface area contributed by atoms with Crippen LogP contribution in [0.1, 0.15) is 30.4 Å². The fraction of sp³-hybridized carbons (Fsp3) is 0.650. The highest BCUT2D eigenvalue weighted by atomic mass is 19.1. The smallest absolute Gasteiger partial charge is 0.227 e. The third kappa shape index (κ3) is 3.32. The van der Waals surface area contributed by atoms with Gasteiger partial charge in [0.25, 0.3) is 0 Å². The van der Waals surface area contributed by atoms with Gasteiger partial charge >= 0.3 is 0 Å². The Balaban J connectivity index is 1.38. The fourth-order valence-corrected chi connectivity index (χ4v) is 4.54. The summed E-state index contributed by atoms with van der Waals surface area (Å²) in [5.41, 5.74) is 1.82. The predicted molar refractivity (Wildman–Crippen MR) is 93.6 cm³/mol. The molecule has 25 heavy (non-hydrogen) atoms. The van der Waals surface area contributed by atoms with Gasteiger partial charge in [-0.3, -0.25) is 9.69 Å². The summed E-state index contributed by atoms with van der Waals surface area (Å²) in [6.07, 6.45) is 3.98. The van der Waals surface area contributed by atoms with E-state index in [2.05, 4.69) is 4.90 Å². The Hall–Kier alpha value is -1.46. The normalized spacial score (nSPS) is 25.4. The molecule has 0 radical (unpaired) electrons. The van der Waals surface area contributed by atoms with Crippen LogP contribution in [0.3, 0.4) is 0 Å². The van der Waals surface area contributed by atoms with Gasteiger partial charge in [0.05, 0.1) is 12.0 Å². The molecule has 4 nitrogen and oxygen atoms in total. The number of aliphatic hydroxyl groups is 1. The first-order valence-corrected chi connectivity index (χ1v) is 9.38. The van der Waals surface area contributed by atoms with E-state index in [1.54, 1.807) is 6.07 Å². The van der Waals surface area contributed by atoms with Gasteiger partial charge in [-0.25, -0.2) is 4.39 Å². The van der Waals surface area contributed by atoms with Crippen molar-refractivity contribution in [1.82, 2.24) is 9.80 Å². The summed E-state index contributed by atoms with van der Waals surface area (Å²) in [5, 5.41) is 9.57. The Kier molecular flexibility index (Phi) is 4.32. The maximum atomic E-state index is 13.2. The molecule has 136 valence electrons. The number of aryl methyl sites for hydroxylation is 1. The highest BCUT2D eigenvalue weighted by Gasteiger charge is 2.54. The Morgan fingerprint density at radius 2 is 2.08 bits per heavy atom. The van der Waals surface area contributed by atoms with Crippen molar-refractivity contribution in [2.24, 2.45) is 11.8 Å². The lowest BCUT2D eigenvalue weighted by molar-refractivity contribution is -0.143. The Morgan fingerprint density at radius 1 is 1.32 bits per heavy atom. The summed E-state index contributed by atoms with van der Waals surface area (Å²) in [4.78, 5) is 17.1. The van der Waals surface area contributed by atoms with Crippen molar-refractivity contribution in [3.8, 4) is 0 Å². The number of carbonyl (C=O) groups excluding carboxylic acids is 1. The number of hydrogen-bond acceptors (Lipinski definition) is 3. The highest BCUT2D eigenvalue weighted by Crippen LogP contribution is 2.43. The van der Waals surface area contributed by atoms with Crippen LogP contribution in [0.5, 0.6) is 0 Å². The van der Waals surface area contributed by atoms with Crippen LogP contribution < -0.4 is 0 Å². The van der Waals surface area contributed by atoms with E-state index >= 15 is 0 Å². The third-order valence-corrected chi connectivity index (χ3v) is 6.22. The average Bonchev–Trinajstić information content (AvgIpc) is 3.27. The fourth-order valence-electron chi connectivity index (χ4n) is 4.54. The molecular formula is C20H27FN2O2. The molecule has 5 heteroatoms. The number of rotatable bonds is 5. The lowest BCUT2D eigenvalue weighted by Gasteiger charge is -2.53. The van der Waals surface area contributed by atoms with Gasteiger partial charge in [-0.15, -0.1) is 0 Å². The molecule has 3 fully saturated rings. The largest absolute Gasteiger partial charge is 0.396 e. The van der Waals surface area contributed by atoms with Gasteiger partial charge in [-0.2, -0.15) is 0 Å². The molecule has 3 aliphatic rings. The van der Waals surface area contributed by atoms with Crippen molar-refractivity contribution in [3.05, 3.63) is 35.1 Å². The van der Waals surface area contributed by atoms with E-state index in [-0.39, 0.29) is 23.9 Å². The topological polar surface area (TPSA) is 43.8 Å². The second kappa shape index (κ2) is 6.36. The minimum atomic E-state index is -0.256. The van der Waals surface area contributed by atoms with Gasteiger partial charge in [0.2, 0.25) is 5.91 Å². The number of halogens is 1. The van der Waals surface area contributed by atoms with E-state index in [0.29, 0.717) is 12.3 Å². The van der Waals surface area contributed by atoms with Gasteiger partial charge in [0.1, 0.15) is 5.82 Å². The van der Waals surface area contributed by atoms with Gasteiger partial charge in [0.15, 0.2) is 0 Å². The Bertz CT molecular complexity index is 668. The molecule has 2 heterocycles. The van der Waals surface area contributed by atoms with Crippen LogP contribution in [0, 0.1) is 24.6 Å². The molecule has 0 aromatic heterocycles. The summed E-state index contributed by atoms with van der Waals surface area (Å²) < 4.78 is 13.2. The van der Waals surface area contributed by atoms with E-state index in [1.807, 2.05) is 11.8 Å². The molecule has 1 aromatic rings. The van der Waals surface area contributed by atoms with E-state index in [0.717, 1.165) is 49.6 Å². The van der Waals surface area contributed by atoms with Crippen molar-refractivity contribution in [1.29, 1.82) is 0 Å². The molecule has 1 aliphatic carbocycles. The minimum Gasteiger partial charge on any atom is -0.396 e. The Morgan fingerprint density at radius 3 is 2.72 bits per heavy atom. The molecule has 2 aliphatic heterocycles. The molecule has 0 bridgehead atoms. The first-order chi connectivity index (χ1) is 12.0. The highest BCUT2D eigenvalue weighted by molar-refractivity contribution is 5.80. The number of likely N-dealkylation sites (tertiary alicyclic amines) is 2. The van der Waals surface area contributed by atoms with Crippen molar-refractivity contribution in [3.63, 3.8) is 0 Å². The van der Waals surface area contributed by atoms with Crippen LogP contribution in [0.2, 0.25) is 0 Å². The zero-order valence-electron chi connectivity index (χ0n) is 14.9. The first-order valence-electron chi connectivity index (χ1n) is 9.38. The summed E-state index contributed by atoms with van der Waals surface area (Å²) in [6.45, 7) is 5.72. The maximum absolute atomic E-state index is 13.2. The summed E-state index contributed by atoms with van der Waals surface area (Å²) >= 11 is 0. The second-order valence-electron chi connectivity index (χ2n) is 8.32. The van der Waals surface area contributed by atoms with Gasteiger partial charge in [-0.05, 0) is 61.3 Å². The van der Waals surface area contributed by atoms with Crippen molar-refractivity contribution in [2.75, 3.05) is 32.8 Å². The number of carbonyl (C=O) groups is 1.